The highest BCUT2D eigenvalue weighted by Gasteiger charge is 2.33. The molecule has 1 aliphatic heterocycles. The van der Waals surface area contributed by atoms with E-state index in [1.165, 1.54) is 0 Å². The number of carboxylic acid groups (broad SMARTS) is 1. The van der Waals surface area contributed by atoms with Crippen molar-refractivity contribution < 1.29 is 18.3 Å². The number of hydrogen-bond acceptors (Lipinski definition) is 4. The van der Waals surface area contributed by atoms with Crippen molar-refractivity contribution in [2.45, 2.75) is 19.0 Å². The number of halogens is 1. The second-order valence-corrected chi connectivity index (χ2v) is 7.65. The van der Waals surface area contributed by atoms with Crippen LogP contribution >= 0.6 is 11.6 Å². The van der Waals surface area contributed by atoms with Crippen molar-refractivity contribution in [3.63, 3.8) is 0 Å². The second kappa shape index (κ2) is 6.11. The Morgan fingerprint density at radius 1 is 1.45 bits per heavy atom. The first-order chi connectivity index (χ1) is 9.35. The molecule has 5 nitrogen and oxygen atoms in total. The first-order valence-electron chi connectivity index (χ1n) is 6.26. The first-order valence-corrected chi connectivity index (χ1v) is 8.46. The van der Waals surface area contributed by atoms with Crippen LogP contribution in [-0.2, 0) is 21.2 Å². The maximum Gasteiger partial charge on any atom is 0.317 e. The smallest absolute Gasteiger partial charge is 0.317 e. The van der Waals surface area contributed by atoms with Gasteiger partial charge in [-0.25, -0.2) is 8.42 Å². The molecule has 0 amide bonds. The lowest BCUT2D eigenvalue weighted by Crippen LogP contribution is -2.39. The quantitative estimate of drug-likeness (QED) is 0.889. The third kappa shape index (κ3) is 4.19. The Hall–Kier alpha value is -1.11. The van der Waals surface area contributed by atoms with E-state index in [9.17, 15) is 13.2 Å². The van der Waals surface area contributed by atoms with Crippen molar-refractivity contribution in [2.24, 2.45) is 0 Å². The summed E-state index contributed by atoms with van der Waals surface area (Å²) in [5.41, 5.74) is 0.878. The molecule has 0 saturated carbocycles. The van der Waals surface area contributed by atoms with Gasteiger partial charge >= 0.3 is 5.97 Å². The van der Waals surface area contributed by atoms with E-state index in [0.717, 1.165) is 5.56 Å². The number of carbonyl (C=O) groups is 1. The zero-order chi connectivity index (χ0) is 14.8. The van der Waals surface area contributed by atoms with Gasteiger partial charge in [-0.1, -0.05) is 23.7 Å². The monoisotopic (exact) mass is 317 g/mol. The molecule has 0 spiro atoms. The Morgan fingerprint density at radius 2 is 2.20 bits per heavy atom. The molecule has 1 saturated heterocycles. The summed E-state index contributed by atoms with van der Waals surface area (Å²) in [7, 11) is -3.04. The number of hydrogen-bond donors (Lipinski definition) is 1. The lowest BCUT2D eigenvalue weighted by molar-refractivity contribution is -0.139. The van der Waals surface area contributed by atoms with E-state index in [2.05, 4.69) is 0 Å². The molecule has 7 heteroatoms. The van der Waals surface area contributed by atoms with Crippen molar-refractivity contribution in [2.75, 3.05) is 18.1 Å². The molecule has 0 aliphatic carbocycles. The Kier molecular flexibility index (Phi) is 4.67. The van der Waals surface area contributed by atoms with Crippen LogP contribution < -0.4 is 0 Å². The average molecular weight is 318 g/mol. The lowest BCUT2D eigenvalue weighted by atomic mass is 10.1. The fourth-order valence-electron chi connectivity index (χ4n) is 2.42. The van der Waals surface area contributed by atoms with E-state index in [1.54, 1.807) is 23.1 Å². The van der Waals surface area contributed by atoms with Gasteiger partial charge in [0.2, 0.25) is 0 Å². The van der Waals surface area contributed by atoms with Crippen molar-refractivity contribution in [3.05, 3.63) is 34.9 Å². The fraction of sp³-hybridized carbons (Fsp3) is 0.462. The van der Waals surface area contributed by atoms with Crippen LogP contribution in [0.15, 0.2) is 24.3 Å². The first kappa shape index (κ1) is 15.3. The van der Waals surface area contributed by atoms with Gasteiger partial charge in [0.1, 0.15) is 0 Å². The van der Waals surface area contributed by atoms with Crippen molar-refractivity contribution >= 4 is 27.4 Å². The van der Waals surface area contributed by atoms with Gasteiger partial charge in [0, 0.05) is 17.6 Å². The summed E-state index contributed by atoms with van der Waals surface area (Å²) >= 11 is 5.91. The van der Waals surface area contributed by atoms with Crippen molar-refractivity contribution in [3.8, 4) is 0 Å². The molecule has 1 heterocycles. The molecule has 0 bridgehead atoms. The van der Waals surface area contributed by atoms with Gasteiger partial charge in [0.25, 0.3) is 0 Å². The van der Waals surface area contributed by atoms with Crippen LogP contribution in [0.5, 0.6) is 0 Å². The van der Waals surface area contributed by atoms with Crippen LogP contribution in [-0.4, -0.2) is 48.5 Å². The molecular weight excluding hydrogens is 302 g/mol. The average Bonchev–Trinajstić information content (AvgIpc) is 2.68. The highest BCUT2D eigenvalue weighted by Crippen LogP contribution is 2.21. The van der Waals surface area contributed by atoms with Crippen LogP contribution in [0, 0.1) is 0 Å². The number of nitrogens with zero attached hydrogens (tertiary/aromatic N) is 1. The summed E-state index contributed by atoms with van der Waals surface area (Å²) in [6, 6.07) is 6.91. The molecule has 1 aliphatic rings. The Balaban J connectivity index is 2.14. The Labute approximate surface area is 123 Å². The highest BCUT2D eigenvalue weighted by molar-refractivity contribution is 7.91. The summed E-state index contributed by atoms with van der Waals surface area (Å²) < 4.78 is 23.1. The molecule has 0 radical (unpaired) electrons. The minimum absolute atomic E-state index is 0.0286. The predicted molar refractivity (Wildman–Crippen MR) is 76.6 cm³/mol. The van der Waals surface area contributed by atoms with Gasteiger partial charge in [-0.3, -0.25) is 9.69 Å². The van der Waals surface area contributed by atoms with E-state index < -0.39 is 15.8 Å². The topological polar surface area (TPSA) is 74.7 Å². The van der Waals surface area contributed by atoms with Crippen molar-refractivity contribution in [1.82, 2.24) is 4.90 Å². The molecule has 20 heavy (non-hydrogen) atoms. The molecule has 0 unspecified atom stereocenters. The Bertz CT molecular complexity index is 602. The third-order valence-electron chi connectivity index (χ3n) is 3.34. The van der Waals surface area contributed by atoms with Gasteiger partial charge in [-0.15, -0.1) is 0 Å². The molecule has 1 aromatic rings. The second-order valence-electron chi connectivity index (χ2n) is 4.99. The number of sulfone groups is 1. The van der Waals surface area contributed by atoms with Gasteiger partial charge in [-0.05, 0) is 24.1 Å². The molecule has 0 aromatic heterocycles. The standard InChI is InChI=1S/C13H16ClNO4S/c14-11-3-1-2-10(6-11)7-15(8-13(16)17)12-4-5-20(18,19)9-12/h1-3,6,12H,4-5,7-9H2,(H,16,17)/t12-/m1/s1. The zero-order valence-electron chi connectivity index (χ0n) is 10.8. The zero-order valence-corrected chi connectivity index (χ0v) is 12.4. The molecule has 1 fully saturated rings. The molecule has 2 rings (SSSR count). The summed E-state index contributed by atoms with van der Waals surface area (Å²) in [5, 5.41) is 9.57. The predicted octanol–water partition coefficient (Wildman–Crippen LogP) is 1.41. The van der Waals surface area contributed by atoms with E-state index in [0.29, 0.717) is 18.0 Å². The summed E-state index contributed by atoms with van der Waals surface area (Å²) in [6.45, 7) is 0.208. The third-order valence-corrected chi connectivity index (χ3v) is 5.32. The van der Waals surface area contributed by atoms with Crippen LogP contribution in [0.3, 0.4) is 0 Å². The summed E-state index contributed by atoms with van der Waals surface area (Å²) in [6.07, 6.45) is 0.482. The van der Waals surface area contributed by atoms with E-state index >= 15 is 0 Å². The van der Waals surface area contributed by atoms with Crippen LogP contribution in [0.2, 0.25) is 5.02 Å². The van der Waals surface area contributed by atoms with Gasteiger partial charge < -0.3 is 5.11 Å². The molecule has 1 aromatic carbocycles. The van der Waals surface area contributed by atoms with Crippen LogP contribution in [0.25, 0.3) is 0 Å². The van der Waals surface area contributed by atoms with E-state index in [1.807, 2.05) is 6.07 Å². The highest BCUT2D eigenvalue weighted by atomic mass is 35.5. The lowest BCUT2D eigenvalue weighted by Gasteiger charge is -2.26. The number of rotatable bonds is 5. The van der Waals surface area contributed by atoms with E-state index in [-0.39, 0.29) is 24.1 Å². The largest absolute Gasteiger partial charge is 0.480 e. The summed E-state index contributed by atoms with van der Waals surface area (Å²) in [5.74, 6) is -0.805. The molecular formula is C13H16ClNO4S. The number of benzene rings is 1. The number of aliphatic carboxylic acids is 1. The molecule has 1 N–H and O–H groups in total. The van der Waals surface area contributed by atoms with Crippen LogP contribution in [0.1, 0.15) is 12.0 Å². The minimum atomic E-state index is -3.04. The Morgan fingerprint density at radius 3 is 2.75 bits per heavy atom. The van der Waals surface area contributed by atoms with E-state index in [4.69, 9.17) is 16.7 Å². The normalized spacial score (nSPS) is 21.2. The minimum Gasteiger partial charge on any atom is -0.480 e. The van der Waals surface area contributed by atoms with Crippen LogP contribution in [0.4, 0.5) is 0 Å². The SMILES string of the molecule is O=C(O)CN(Cc1cccc(Cl)c1)[C@@H]1CCS(=O)(=O)C1. The molecule has 1 atom stereocenters. The van der Waals surface area contributed by atoms with Gasteiger partial charge in [0.05, 0.1) is 18.1 Å². The summed E-state index contributed by atoms with van der Waals surface area (Å²) in [4.78, 5) is 12.7. The molecule has 110 valence electrons. The van der Waals surface area contributed by atoms with Crippen molar-refractivity contribution in [1.29, 1.82) is 0 Å². The maximum absolute atomic E-state index is 11.5. The maximum atomic E-state index is 11.5. The van der Waals surface area contributed by atoms with Gasteiger partial charge in [-0.2, -0.15) is 0 Å². The number of carboxylic acids is 1. The fourth-order valence-corrected chi connectivity index (χ4v) is 4.40. The van der Waals surface area contributed by atoms with Gasteiger partial charge in [0.15, 0.2) is 9.84 Å².